The Balaban J connectivity index is 0.000000490. The van der Waals surface area contributed by atoms with Crippen LogP contribution in [0.4, 0.5) is 0 Å². The maximum Gasteiger partial charge on any atom is 0 e. The number of hydrogen-bond donors (Lipinski definition) is 0. The van der Waals surface area contributed by atoms with Gasteiger partial charge in [0.05, 0.1) is 0 Å². The first-order valence-electron chi connectivity index (χ1n) is 9.39. The zero-order valence-electron chi connectivity index (χ0n) is 17.6. The van der Waals surface area contributed by atoms with Crippen molar-refractivity contribution >= 4 is 11.1 Å². The Morgan fingerprint density at radius 2 is 0.828 bits per heavy atom. The molecule has 0 amide bonds. The average molecular weight is 590 g/mol. The van der Waals surface area contributed by atoms with Gasteiger partial charge in [-0.15, -0.1) is 0 Å². The number of hydrogen-bond acceptors (Lipinski definition) is 0. The summed E-state index contributed by atoms with van der Waals surface area (Å²) in [5.41, 5.74) is 11.5. The zero-order chi connectivity index (χ0) is 18.5. The van der Waals surface area contributed by atoms with Gasteiger partial charge < -0.3 is 24.8 Å². The number of allylic oxidation sites excluding steroid dienone is 8. The molecule has 0 aromatic heterocycles. The number of benzene rings is 2. The fourth-order valence-electron chi connectivity index (χ4n) is 3.40. The van der Waals surface area contributed by atoms with E-state index in [9.17, 15) is 0 Å². The maximum atomic E-state index is 2.30. The number of halogens is 2. The van der Waals surface area contributed by atoms with E-state index >= 15 is 0 Å². The summed E-state index contributed by atoms with van der Waals surface area (Å²) in [6, 6.07) is 21.2. The molecule has 29 heavy (non-hydrogen) atoms. The topological polar surface area (TPSA) is 0 Å². The van der Waals surface area contributed by atoms with Crippen LogP contribution in [-0.4, -0.2) is 0 Å². The van der Waals surface area contributed by atoms with Gasteiger partial charge in [0.2, 0.25) is 0 Å². The quantitative estimate of drug-likeness (QED) is 0.468. The summed E-state index contributed by atoms with van der Waals surface area (Å²) < 4.78 is 0. The summed E-state index contributed by atoms with van der Waals surface area (Å²) in [5.74, 6) is 0. The molecule has 0 N–H and O–H groups in total. The average Bonchev–Trinajstić information content (AvgIpc) is 3.19. The van der Waals surface area contributed by atoms with Crippen LogP contribution >= 0.6 is 0 Å². The molecule has 2 aliphatic rings. The first kappa shape index (κ1) is 27.9. The molecule has 0 nitrogen and oxygen atoms in total. The van der Waals surface area contributed by atoms with Gasteiger partial charge in [-0.1, -0.05) is 95.1 Å². The van der Waals surface area contributed by atoms with Crippen molar-refractivity contribution in [1.29, 1.82) is 0 Å². The molecule has 0 spiro atoms. The molecule has 0 radical (unpaired) electrons. The van der Waals surface area contributed by atoms with Gasteiger partial charge in [0.15, 0.2) is 0 Å². The van der Waals surface area contributed by atoms with E-state index in [2.05, 4.69) is 101 Å². The van der Waals surface area contributed by atoms with Gasteiger partial charge in [0.1, 0.15) is 0 Å². The van der Waals surface area contributed by atoms with E-state index in [1.54, 1.807) is 0 Å². The third kappa shape index (κ3) is 7.55. The van der Waals surface area contributed by atoms with Crippen LogP contribution in [0, 0.1) is 0 Å². The van der Waals surface area contributed by atoms with Crippen LogP contribution in [0.25, 0.3) is 11.1 Å². The summed E-state index contributed by atoms with van der Waals surface area (Å²) in [6.45, 7) is 8.79. The molecular weight excluding hydrogens is 562 g/mol. The Kier molecular flexibility index (Phi) is 12.7. The second-order valence-corrected chi connectivity index (χ2v) is 7.35. The molecule has 2 aromatic rings. The maximum absolute atomic E-state index is 2.30. The van der Waals surface area contributed by atoms with E-state index in [0.29, 0.717) is 0 Å². The van der Waals surface area contributed by atoms with Gasteiger partial charge in [-0.05, 0) is 62.8 Å². The second kappa shape index (κ2) is 13.2. The Morgan fingerprint density at radius 1 is 0.517 bits per heavy atom. The van der Waals surface area contributed by atoms with Crippen LogP contribution < -0.4 is 24.8 Å². The van der Waals surface area contributed by atoms with Gasteiger partial charge in [0, 0.05) is 25.8 Å². The molecule has 0 fully saturated rings. The summed E-state index contributed by atoms with van der Waals surface area (Å²) in [7, 11) is 0. The molecule has 3 heteroatoms. The second-order valence-electron chi connectivity index (χ2n) is 7.35. The monoisotopic (exact) mass is 590 g/mol. The largest absolute Gasteiger partial charge is 1.00 e. The normalized spacial score (nSPS) is 14.6. The van der Waals surface area contributed by atoms with Crippen molar-refractivity contribution in [2.45, 2.75) is 40.5 Å². The van der Waals surface area contributed by atoms with E-state index in [-0.39, 0.29) is 50.7 Å². The Hall–Kier alpha value is -1.15. The number of rotatable bonds is 2. The Morgan fingerprint density at radius 3 is 1.07 bits per heavy atom. The minimum Gasteiger partial charge on any atom is -1.00 e. The molecule has 0 bridgehead atoms. The van der Waals surface area contributed by atoms with Crippen LogP contribution in [-0.2, 0) is 25.8 Å². The van der Waals surface area contributed by atoms with Gasteiger partial charge >= 0.3 is 0 Å². The molecule has 0 atom stereocenters. The summed E-state index contributed by atoms with van der Waals surface area (Å²) >= 11 is 0. The molecule has 4 rings (SSSR count). The molecule has 0 saturated carbocycles. The summed E-state index contributed by atoms with van der Waals surface area (Å²) in [5, 5.41) is 0. The smallest absolute Gasteiger partial charge is 0 e. The van der Waals surface area contributed by atoms with E-state index in [1.807, 2.05) is 0 Å². The fraction of sp³-hybridized carbons (Fsp3) is 0.231. The molecule has 0 aliphatic heterocycles. The van der Waals surface area contributed by atoms with Crippen molar-refractivity contribution in [2.75, 3.05) is 0 Å². The van der Waals surface area contributed by atoms with Crippen LogP contribution in [0.1, 0.15) is 51.7 Å². The van der Waals surface area contributed by atoms with Crippen molar-refractivity contribution in [3.05, 3.63) is 106 Å². The van der Waals surface area contributed by atoms with Crippen molar-refractivity contribution in [3.8, 4) is 0 Å². The minimum atomic E-state index is 0. The van der Waals surface area contributed by atoms with Crippen molar-refractivity contribution in [2.24, 2.45) is 0 Å². The summed E-state index contributed by atoms with van der Waals surface area (Å²) in [6.07, 6.45) is 6.83. The van der Waals surface area contributed by atoms with Crippen molar-refractivity contribution in [1.82, 2.24) is 0 Å². The molecule has 0 unspecified atom stereocenters. The molecular formula is C26H28Cl2Hf-2. The first-order valence-corrected chi connectivity index (χ1v) is 9.39. The van der Waals surface area contributed by atoms with E-state index in [4.69, 9.17) is 0 Å². The zero-order valence-corrected chi connectivity index (χ0v) is 22.7. The van der Waals surface area contributed by atoms with E-state index in [1.165, 1.54) is 44.6 Å². The molecule has 0 heterocycles. The van der Waals surface area contributed by atoms with Crippen LogP contribution in [0.3, 0.4) is 0 Å². The molecule has 152 valence electrons. The van der Waals surface area contributed by atoms with Crippen LogP contribution in [0.2, 0.25) is 0 Å². The van der Waals surface area contributed by atoms with Crippen LogP contribution in [0.5, 0.6) is 0 Å². The molecule has 2 aliphatic carbocycles. The van der Waals surface area contributed by atoms with Crippen LogP contribution in [0.15, 0.2) is 95.1 Å². The van der Waals surface area contributed by atoms with Gasteiger partial charge in [0.25, 0.3) is 0 Å². The fourth-order valence-corrected chi connectivity index (χ4v) is 3.40. The minimum absolute atomic E-state index is 0. The third-order valence-corrected chi connectivity index (χ3v) is 5.33. The molecule has 0 saturated heterocycles. The third-order valence-electron chi connectivity index (χ3n) is 5.33. The standard InChI is InChI=1S/2C13H14.2ClH.Hf/c2*1-10-8-13(9-11(10)2)12-6-4-3-5-7-12;;;/h2*3-8H,9H2,1-2H3;2*1H;/p-2. The van der Waals surface area contributed by atoms with E-state index in [0.717, 1.165) is 12.8 Å². The Labute approximate surface area is 207 Å². The van der Waals surface area contributed by atoms with Gasteiger partial charge in [-0.2, -0.15) is 0 Å². The first-order chi connectivity index (χ1) is 12.5. The van der Waals surface area contributed by atoms with Gasteiger partial charge in [-0.3, -0.25) is 0 Å². The predicted octanol–water partition coefficient (Wildman–Crippen LogP) is 1.63. The predicted molar refractivity (Wildman–Crippen MR) is 115 cm³/mol. The SMILES string of the molecule is CC1=C(C)CC(c2ccccc2)=C1.CC1=C(C)CC(c2ccccc2)=C1.[Cl-].[Cl-].[Hf]. The van der Waals surface area contributed by atoms with Gasteiger partial charge in [-0.25, -0.2) is 0 Å². The van der Waals surface area contributed by atoms with E-state index < -0.39 is 0 Å². The summed E-state index contributed by atoms with van der Waals surface area (Å²) in [4.78, 5) is 0. The van der Waals surface area contributed by atoms with Crippen molar-refractivity contribution < 1.29 is 50.7 Å². The Bertz CT molecular complexity index is 827. The molecule has 2 aromatic carbocycles. The van der Waals surface area contributed by atoms with Crippen molar-refractivity contribution in [3.63, 3.8) is 0 Å².